The van der Waals surface area contributed by atoms with Crippen molar-refractivity contribution < 1.29 is 105 Å². The summed E-state index contributed by atoms with van der Waals surface area (Å²) >= 11 is 0. The van der Waals surface area contributed by atoms with Crippen LogP contribution >= 0.6 is 0 Å². The summed E-state index contributed by atoms with van der Waals surface area (Å²) in [6, 6.07) is 0. The molecule has 0 N–H and O–H groups in total. The van der Waals surface area contributed by atoms with Crippen molar-refractivity contribution in [2.45, 2.75) is 0 Å². The second-order valence-corrected chi connectivity index (χ2v) is 0. The first kappa shape index (κ1) is 27.1. The van der Waals surface area contributed by atoms with Crippen molar-refractivity contribution in [1.29, 1.82) is 0 Å². The minimum Gasteiger partial charge on any atom is -2.00 e. The molecule has 0 spiro atoms. The van der Waals surface area contributed by atoms with E-state index in [9.17, 15) is 0 Å². The minimum atomic E-state index is 0. The second-order valence-electron chi connectivity index (χ2n) is 0. The van der Waals surface area contributed by atoms with E-state index in [4.69, 9.17) is 0 Å². The van der Waals surface area contributed by atoms with E-state index in [1.165, 1.54) is 0 Å². The largest absolute Gasteiger partial charge is 2.00 e. The third-order valence-corrected chi connectivity index (χ3v) is 0. The third kappa shape index (κ3) is 8.96. The van der Waals surface area contributed by atoms with Gasteiger partial charge in [-0.05, 0) is 0 Å². The van der Waals surface area contributed by atoms with Crippen molar-refractivity contribution in [1.82, 2.24) is 0 Å². The summed E-state index contributed by atoms with van der Waals surface area (Å²) in [6.07, 6.45) is 0. The molecule has 4 heavy (non-hydrogen) atoms. The molecule has 0 rings (SSSR count). The summed E-state index contributed by atoms with van der Waals surface area (Å²) in [6.45, 7) is 0. The van der Waals surface area contributed by atoms with Gasteiger partial charge < -0.3 is 5.48 Å². The maximum Gasteiger partial charge on any atom is 1.00 e. The van der Waals surface area contributed by atoms with Gasteiger partial charge >= 0.3 is 99.8 Å². The molecule has 0 unspecified atom stereocenters. The van der Waals surface area contributed by atoms with Crippen molar-refractivity contribution in [3.8, 4) is 0 Å². The molecule has 0 aliphatic heterocycles. The molecule has 0 aromatic heterocycles. The zero-order valence-electron chi connectivity index (χ0n) is 3.41. The van der Waals surface area contributed by atoms with E-state index in [1.807, 2.05) is 0 Å². The normalized spacial score (nSPS) is 0. The van der Waals surface area contributed by atoms with Gasteiger partial charge in [-0.15, -0.1) is 0 Å². The van der Waals surface area contributed by atoms with E-state index in [0.717, 1.165) is 0 Å². The maximum atomic E-state index is 0. The molecule has 0 saturated carbocycles. The molecule has 0 atom stereocenters. The Labute approximate surface area is 102 Å². The average Bonchev–Trinajstić information content (AvgIpc) is 0. The van der Waals surface area contributed by atoms with Crippen molar-refractivity contribution in [3.63, 3.8) is 0 Å². The summed E-state index contributed by atoms with van der Waals surface area (Å²) < 4.78 is 0. The Balaban J connectivity index is 0. The van der Waals surface area contributed by atoms with Crippen LogP contribution in [0.4, 0.5) is 0 Å². The minimum absolute atomic E-state index is 0. The molecule has 0 aromatic rings. The van der Waals surface area contributed by atoms with Crippen LogP contribution in [0.2, 0.25) is 0 Å². The third-order valence-electron chi connectivity index (χ3n) is 0. The number of hydrogen-bond acceptors (Lipinski definition) is 0. The fourth-order valence-electron chi connectivity index (χ4n) is 0. The maximum absolute atomic E-state index is 0. The summed E-state index contributed by atoms with van der Waals surface area (Å²) in [4.78, 5) is 0. The molecule has 0 heterocycles. The molecular formula is KLiNaO+. The SMILES string of the molecule is [K+].[Li+].[Na+].[O-2]. The van der Waals surface area contributed by atoms with Crippen LogP contribution in [-0.2, 0) is 5.48 Å². The molecule has 0 aliphatic carbocycles. The molecule has 4 heteroatoms. The van der Waals surface area contributed by atoms with E-state index < -0.39 is 0 Å². The topological polar surface area (TPSA) is 28.5 Å². The van der Waals surface area contributed by atoms with Crippen LogP contribution in [0.1, 0.15) is 0 Å². The molecule has 0 fully saturated rings. The van der Waals surface area contributed by atoms with Crippen LogP contribution < -0.4 is 99.8 Å². The van der Waals surface area contributed by atoms with Crippen LogP contribution in [0.25, 0.3) is 0 Å². The Morgan fingerprint density at radius 1 is 1.00 bits per heavy atom. The van der Waals surface area contributed by atoms with Gasteiger partial charge in [-0.2, -0.15) is 0 Å². The van der Waals surface area contributed by atoms with E-state index in [2.05, 4.69) is 0 Å². The number of hydrogen-bond donors (Lipinski definition) is 0. The fraction of sp³-hybridized carbons (Fsp3) is 0. The molecule has 0 aromatic carbocycles. The standard InChI is InChI=1S/K.Li.Na.O/q3*+1;-2. The van der Waals surface area contributed by atoms with Crippen LogP contribution in [-0.4, -0.2) is 0 Å². The second kappa shape index (κ2) is 16.4. The predicted octanol–water partition coefficient (Wildman–Crippen LogP) is -9.11. The average molecular weight is 85.0 g/mol. The van der Waals surface area contributed by atoms with Crippen molar-refractivity contribution in [2.24, 2.45) is 0 Å². The molecule has 0 saturated heterocycles. The summed E-state index contributed by atoms with van der Waals surface area (Å²) in [5.74, 6) is 0. The van der Waals surface area contributed by atoms with Gasteiger partial charge in [0.2, 0.25) is 0 Å². The Hall–Kier alpha value is 3.19. The van der Waals surface area contributed by atoms with E-state index in [0.29, 0.717) is 0 Å². The van der Waals surface area contributed by atoms with Gasteiger partial charge in [0.25, 0.3) is 0 Å². The number of rotatable bonds is 0. The van der Waals surface area contributed by atoms with Gasteiger partial charge in [0.1, 0.15) is 0 Å². The fourth-order valence-corrected chi connectivity index (χ4v) is 0. The molecular weight excluding hydrogens is 85.0 g/mol. The van der Waals surface area contributed by atoms with Gasteiger partial charge in [-0.25, -0.2) is 0 Å². The van der Waals surface area contributed by atoms with Crippen LogP contribution in [0.5, 0.6) is 0 Å². The molecule has 0 amide bonds. The first-order valence-corrected chi connectivity index (χ1v) is 0. The summed E-state index contributed by atoms with van der Waals surface area (Å²) in [5.41, 5.74) is 0. The van der Waals surface area contributed by atoms with E-state index in [1.54, 1.807) is 0 Å². The van der Waals surface area contributed by atoms with E-state index >= 15 is 0 Å². The summed E-state index contributed by atoms with van der Waals surface area (Å²) in [7, 11) is 0. The van der Waals surface area contributed by atoms with Crippen molar-refractivity contribution >= 4 is 0 Å². The van der Waals surface area contributed by atoms with Gasteiger partial charge in [0.05, 0.1) is 0 Å². The van der Waals surface area contributed by atoms with Gasteiger partial charge in [0.15, 0.2) is 0 Å². The Bertz CT molecular complexity index is 8.00. The smallest absolute Gasteiger partial charge is 1.00 e. The van der Waals surface area contributed by atoms with Gasteiger partial charge in [-0.1, -0.05) is 0 Å². The Morgan fingerprint density at radius 2 is 1.00 bits per heavy atom. The first-order valence-electron chi connectivity index (χ1n) is 0. The van der Waals surface area contributed by atoms with Crippen LogP contribution in [0, 0.1) is 0 Å². The van der Waals surface area contributed by atoms with Crippen molar-refractivity contribution in [2.75, 3.05) is 0 Å². The van der Waals surface area contributed by atoms with Crippen LogP contribution in [0.15, 0.2) is 0 Å². The molecule has 0 bridgehead atoms. The Kier molecular flexibility index (Phi) is 111. The zero-order chi connectivity index (χ0) is 0. The first-order chi connectivity index (χ1) is 0. The monoisotopic (exact) mass is 85.0 g/mol. The van der Waals surface area contributed by atoms with Crippen LogP contribution in [0.3, 0.4) is 0 Å². The summed E-state index contributed by atoms with van der Waals surface area (Å²) in [5, 5.41) is 0. The van der Waals surface area contributed by atoms with E-state index in [-0.39, 0.29) is 105 Å². The van der Waals surface area contributed by atoms with Gasteiger partial charge in [-0.3, -0.25) is 0 Å². The molecule has 8 valence electrons. The molecule has 1 nitrogen and oxygen atoms in total. The van der Waals surface area contributed by atoms with Crippen molar-refractivity contribution in [3.05, 3.63) is 0 Å². The van der Waals surface area contributed by atoms with Gasteiger partial charge in [0, 0.05) is 0 Å². The molecule has 0 radical (unpaired) electrons. The quantitative estimate of drug-likeness (QED) is 0.261. The molecule has 0 aliphatic rings. The Morgan fingerprint density at radius 3 is 1.00 bits per heavy atom. The predicted molar refractivity (Wildman–Crippen MR) is 0.686 cm³/mol. The zero-order valence-corrected chi connectivity index (χ0v) is 8.53.